The van der Waals surface area contributed by atoms with Crippen LogP contribution in [-0.2, 0) is 26.2 Å². The van der Waals surface area contributed by atoms with Crippen LogP contribution in [0.1, 0.15) is 40.2 Å². The van der Waals surface area contributed by atoms with E-state index in [9.17, 15) is 18.0 Å². The molecular formula is C30H35BrClN3O5S. The molecule has 0 unspecified atom stereocenters. The summed E-state index contributed by atoms with van der Waals surface area (Å²) in [5.41, 5.74) is 0.490. The van der Waals surface area contributed by atoms with E-state index in [1.54, 1.807) is 67.6 Å². The number of rotatable bonds is 11. The van der Waals surface area contributed by atoms with Crippen molar-refractivity contribution >= 4 is 55.1 Å². The Hall–Kier alpha value is -3.08. The van der Waals surface area contributed by atoms with Crippen molar-refractivity contribution in [2.45, 2.75) is 57.6 Å². The third-order valence-electron chi connectivity index (χ3n) is 6.05. The summed E-state index contributed by atoms with van der Waals surface area (Å²) < 4.78 is 35.1. The first-order valence-electron chi connectivity index (χ1n) is 13.1. The van der Waals surface area contributed by atoms with Crippen LogP contribution in [0.3, 0.4) is 0 Å². The zero-order valence-electron chi connectivity index (χ0n) is 23.7. The molecule has 3 aromatic rings. The van der Waals surface area contributed by atoms with E-state index in [1.165, 1.54) is 17.0 Å². The van der Waals surface area contributed by atoms with E-state index >= 15 is 0 Å². The Kier molecular flexibility index (Phi) is 10.9. The molecule has 0 radical (unpaired) electrons. The number of carbonyl (C=O) groups is 2. The molecule has 0 aromatic heterocycles. The van der Waals surface area contributed by atoms with Crippen LogP contribution in [0.25, 0.3) is 0 Å². The molecule has 220 valence electrons. The van der Waals surface area contributed by atoms with Crippen molar-refractivity contribution in [1.29, 1.82) is 0 Å². The highest BCUT2D eigenvalue weighted by atomic mass is 79.9. The molecule has 1 atom stereocenters. The molecule has 8 nitrogen and oxygen atoms in total. The number of nitrogens with one attached hydrogen (secondary N) is 1. The molecule has 0 aliphatic heterocycles. The van der Waals surface area contributed by atoms with Crippen LogP contribution >= 0.6 is 27.5 Å². The highest BCUT2D eigenvalue weighted by Gasteiger charge is 2.33. The van der Waals surface area contributed by atoms with Gasteiger partial charge in [0.1, 0.15) is 18.3 Å². The van der Waals surface area contributed by atoms with Gasteiger partial charge in [0.25, 0.3) is 10.0 Å². The number of amides is 2. The first-order valence-corrected chi connectivity index (χ1v) is 15.7. The summed E-state index contributed by atoms with van der Waals surface area (Å²) in [4.78, 5) is 28.6. The van der Waals surface area contributed by atoms with Crippen molar-refractivity contribution in [3.63, 3.8) is 0 Å². The molecule has 0 aliphatic carbocycles. The van der Waals surface area contributed by atoms with Gasteiger partial charge in [-0.05, 0) is 101 Å². The van der Waals surface area contributed by atoms with Crippen LogP contribution in [-0.4, -0.2) is 49.9 Å². The Bertz CT molecular complexity index is 1440. The van der Waals surface area contributed by atoms with Gasteiger partial charge in [-0.1, -0.05) is 39.7 Å². The predicted molar refractivity (Wildman–Crippen MR) is 166 cm³/mol. The molecule has 1 N–H and O–H groups in total. The molecule has 0 saturated heterocycles. The molecule has 11 heteroatoms. The van der Waals surface area contributed by atoms with Gasteiger partial charge in [0.15, 0.2) is 0 Å². The van der Waals surface area contributed by atoms with Crippen LogP contribution in [0.4, 0.5) is 5.69 Å². The second-order valence-corrected chi connectivity index (χ2v) is 13.7. The number of benzene rings is 3. The van der Waals surface area contributed by atoms with Crippen molar-refractivity contribution in [1.82, 2.24) is 10.2 Å². The lowest BCUT2D eigenvalue weighted by Gasteiger charge is -2.33. The van der Waals surface area contributed by atoms with Crippen molar-refractivity contribution < 1.29 is 22.7 Å². The Labute approximate surface area is 255 Å². The second kappa shape index (κ2) is 13.7. The SMILES string of the molecule is CCOc1ccc(N(CC(=O)N(Cc2ccc(Cl)cc2)[C@@H](C)C(=O)NC(C)(C)C)S(=O)(=O)c2ccc(Br)cc2)cc1. The third-order valence-corrected chi connectivity index (χ3v) is 8.62. The van der Waals surface area contributed by atoms with E-state index in [4.69, 9.17) is 16.3 Å². The quantitative estimate of drug-likeness (QED) is 0.270. The maximum Gasteiger partial charge on any atom is 0.264 e. The maximum atomic E-state index is 14.0. The van der Waals surface area contributed by atoms with Crippen molar-refractivity contribution in [2.75, 3.05) is 17.5 Å². The number of anilines is 1. The average Bonchev–Trinajstić information content (AvgIpc) is 2.91. The van der Waals surface area contributed by atoms with Crippen molar-refractivity contribution in [3.05, 3.63) is 87.9 Å². The number of hydrogen-bond acceptors (Lipinski definition) is 5. The van der Waals surface area contributed by atoms with Gasteiger partial charge in [0.2, 0.25) is 11.8 Å². The summed E-state index contributed by atoms with van der Waals surface area (Å²) in [7, 11) is -4.17. The van der Waals surface area contributed by atoms with Gasteiger partial charge in [-0.15, -0.1) is 0 Å². The van der Waals surface area contributed by atoms with Gasteiger partial charge < -0.3 is 15.0 Å². The van der Waals surface area contributed by atoms with Crippen LogP contribution in [0.5, 0.6) is 5.75 Å². The molecule has 41 heavy (non-hydrogen) atoms. The second-order valence-electron chi connectivity index (χ2n) is 10.5. The Morgan fingerprint density at radius 3 is 2.10 bits per heavy atom. The fourth-order valence-electron chi connectivity index (χ4n) is 3.98. The van der Waals surface area contributed by atoms with E-state index in [0.29, 0.717) is 21.9 Å². The largest absolute Gasteiger partial charge is 0.494 e. The van der Waals surface area contributed by atoms with Gasteiger partial charge in [0.05, 0.1) is 17.2 Å². The van der Waals surface area contributed by atoms with Gasteiger partial charge >= 0.3 is 0 Å². The monoisotopic (exact) mass is 663 g/mol. The summed E-state index contributed by atoms with van der Waals surface area (Å²) in [6.45, 7) is 9.01. The summed E-state index contributed by atoms with van der Waals surface area (Å²) in [6, 6.07) is 18.7. The smallest absolute Gasteiger partial charge is 0.264 e. The molecular weight excluding hydrogens is 630 g/mol. The first kappa shape index (κ1) is 32.4. The van der Waals surface area contributed by atoms with Gasteiger partial charge in [0, 0.05) is 21.6 Å². The molecule has 0 fully saturated rings. The fourth-order valence-corrected chi connectivity index (χ4v) is 5.79. The van der Waals surface area contributed by atoms with E-state index in [1.807, 2.05) is 27.7 Å². The molecule has 0 aliphatic rings. The lowest BCUT2D eigenvalue weighted by Crippen LogP contribution is -2.54. The van der Waals surface area contributed by atoms with Crippen LogP contribution in [0.2, 0.25) is 5.02 Å². The molecule has 0 spiro atoms. The third kappa shape index (κ3) is 8.95. The predicted octanol–water partition coefficient (Wildman–Crippen LogP) is 6.03. The number of halogens is 2. The standard InChI is InChI=1S/C30H35BrClN3O5S/c1-6-40-26-15-13-25(14-16-26)35(41(38,39)27-17-9-23(31)10-18-27)20-28(36)34(19-22-7-11-24(32)12-8-22)21(2)29(37)33-30(3,4)5/h7-18,21H,6,19-20H2,1-5H3,(H,33,37)/t21-/m0/s1. The topological polar surface area (TPSA) is 96.0 Å². The van der Waals surface area contributed by atoms with Gasteiger partial charge in [-0.3, -0.25) is 13.9 Å². The number of carbonyl (C=O) groups excluding carboxylic acids is 2. The number of nitrogens with zero attached hydrogens (tertiary/aromatic N) is 2. The number of ether oxygens (including phenoxy) is 1. The fraction of sp³-hybridized carbons (Fsp3) is 0.333. The van der Waals surface area contributed by atoms with E-state index in [-0.39, 0.29) is 23.0 Å². The average molecular weight is 665 g/mol. The zero-order chi connectivity index (χ0) is 30.4. The minimum atomic E-state index is -4.17. The summed E-state index contributed by atoms with van der Waals surface area (Å²) in [6.07, 6.45) is 0. The lowest BCUT2D eigenvalue weighted by molar-refractivity contribution is -0.140. The first-order chi connectivity index (χ1) is 19.2. The van der Waals surface area contributed by atoms with E-state index in [0.717, 1.165) is 9.87 Å². The molecule has 3 rings (SSSR count). The van der Waals surface area contributed by atoms with Crippen LogP contribution in [0.15, 0.2) is 82.2 Å². The molecule has 2 amide bonds. The molecule has 0 saturated carbocycles. The number of sulfonamides is 1. The van der Waals surface area contributed by atoms with Gasteiger partial charge in [-0.2, -0.15) is 0 Å². The van der Waals surface area contributed by atoms with E-state index < -0.39 is 34.1 Å². The van der Waals surface area contributed by atoms with Crippen LogP contribution < -0.4 is 14.4 Å². The minimum absolute atomic E-state index is 0.0187. The van der Waals surface area contributed by atoms with E-state index in [2.05, 4.69) is 21.2 Å². The Morgan fingerprint density at radius 1 is 0.976 bits per heavy atom. The van der Waals surface area contributed by atoms with Crippen molar-refractivity contribution in [2.24, 2.45) is 0 Å². The molecule has 0 bridgehead atoms. The summed E-state index contributed by atoms with van der Waals surface area (Å²) in [5.74, 6) is -0.338. The van der Waals surface area contributed by atoms with Crippen LogP contribution in [0, 0.1) is 0 Å². The number of hydrogen-bond donors (Lipinski definition) is 1. The normalized spacial score (nSPS) is 12.4. The maximum absolute atomic E-state index is 14.0. The minimum Gasteiger partial charge on any atom is -0.494 e. The highest BCUT2D eigenvalue weighted by Crippen LogP contribution is 2.27. The van der Waals surface area contributed by atoms with Crippen molar-refractivity contribution in [3.8, 4) is 5.75 Å². The highest BCUT2D eigenvalue weighted by molar-refractivity contribution is 9.10. The zero-order valence-corrected chi connectivity index (χ0v) is 26.9. The van der Waals surface area contributed by atoms with Gasteiger partial charge in [-0.25, -0.2) is 8.42 Å². The molecule has 3 aromatic carbocycles. The summed E-state index contributed by atoms with van der Waals surface area (Å²) in [5, 5.41) is 3.44. The lowest BCUT2D eigenvalue weighted by atomic mass is 10.1. The Morgan fingerprint density at radius 2 is 1.56 bits per heavy atom. The Balaban J connectivity index is 2.03. The summed E-state index contributed by atoms with van der Waals surface area (Å²) >= 11 is 9.39. The molecule has 0 heterocycles.